The van der Waals surface area contributed by atoms with Crippen LogP contribution >= 0.6 is 0 Å². The molecule has 1 nitrogen and oxygen atoms in total. The van der Waals surface area contributed by atoms with E-state index in [4.69, 9.17) is 0 Å². The van der Waals surface area contributed by atoms with Crippen LogP contribution in [0.1, 0.15) is 52.7 Å². The van der Waals surface area contributed by atoms with Gasteiger partial charge in [-0.3, -0.25) is 0 Å². The SMILES string of the molecule is Cc1ccc(C)c(C(O)c2cccc(C3CC3)c2)c1. The largest absolute Gasteiger partial charge is 0.384 e. The summed E-state index contributed by atoms with van der Waals surface area (Å²) in [5.74, 6) is 0.728. The van der Waals surface area contributed by atoms with E-state index in [0.29, 0.717) is 0 Å². The van der Waals surface area contributed by atoms with E-state index >= 15 is 0 Å². The lowest BCUT2D eigenvalue weighted by molar-refractivity contribution is 0.219. The molecule has 1 heteroatoms. The number of rotatable bonds is 3. The molecule has 0 bridgehead atoms. The summed E-state index contributed by atoms with van der Waals surface area (Å²) < 4.78 is 0. The van der Waals surface area contributed by atoms with E-state index < -0.39 is 6.10 Å². The Kier molecular flexibility index (Phi) is 3.16. The zero-order valence-electron chi connectivity index (χ0n) is 11.6. The molecular formula is C18H20O. The van der Waals surface area contributed by atoms with Crippen LogP contribution in [0.4, 0.5) is 0 Å². The molecule has 1 aliphatic carbocycles. The van der Waals surface area contributed by atoms with Crippen LogP contribution in [0.15, 0.2) is 42.5 Å². The molecule has 0 aliphatic heterocycles. The summed E-state index contributed by atoms with van der Waals surface area (Å²) in [6, 6.07) is 14.7. The number of hydrogen-bond acceptors (Lipinski definition) is 1. The summed E-state index contributed by atoms with van der Waals surface area (Å²) >= 11 is 0. The van der Waals surface area contributed by atoms with E-state index in [1.807, 2.05) is 6.07 Å². The fraction of sp³-hybridized carbons (Fsp3) is 0.333. The maximum Gasteiger partial charge on any atom is 0.104 e. The quantitative estimate of drug-likeness (QED) is 0.865. The lowest BCUT2D eigenvalue weighted by Crippen LogP contribution is -2.03. The van der Waals surface area contributed by atoms with Crippen LogP contribution in [0, 0.1) is 13.8 Å². The first-order valence-corrected chi connectivity index (χ1v) is 7.00. The van der Waals surface area contributed by atoms with Crippen molar-refractivity contribution in [3.63, 3.8) is 0 Å². The summed E-state index contributed by atoms with van der Waals surface area (Å²) in [7, 11) is 0. The first-order chi connectivity index (χ1) is 9.15. The highest BCUT2D eigenvalue weighted by atomic mass is 16.3. The minimum atomic E-state index is -0.515. The van der Waals surface area contributed by atoms with Gasteiger partial charge >= 0.3 is 0 Å². The second-order valence-electron chi connectivity index (χ2n) is 5.71. The lowest BCUT2D eigenvalue weighted by atomic mass is 9.94. The van der Waals surface area contributed by atoms with Gasteiger partial charge in [0.25, 0.3) is 0 Å². The van der Waals surface area contributed by atoms with Gasteiger partial charge in [-0.1, -0.05) is 48.0 Å². The van der Waals surface area contributed by atoms with Crippen LogP contribution in [-0.2, 0) is 0 Å². The van der Waals surface area contributed by atoms with Crippen molar-refractivity contribution in [2.45, 2.75) is 38.7 Å². The Bertz CT molecular complexity index is 596. The summed E-state index contributed by atoms with van der Waals surface area (Å²) in [6.45, 7) is 4.12. The van der Waals surface area contributed by atoms with Crippen molar-refractivity contribution in [3.05, 3.63) is 70.3 Å². The number of aliphatic hydroxyl groups excluding tert-OH is 1. The Hall–Kier alpha value is -1.60. The van der Waals surface area contributed by atoms with Crippen molar-refractivity contribution in [3.8, 4) is 0 Å². The molecular weight excluding hydrogens is 232 g/mol. The van der Waals surface area contributed by atoms with Gasteiger partial charge in [-0.2, -0.15) is 0 Å². The van der Waals surface area contributed by atoms with Crippen molar-refractivity contribution in [1.29, 1.82) is 0 Å². The fourth-order valence-corrected chi connectivity index (χ4v) is 2.63. The average Bonchev–Trinajstić information content (AvgIpc) is 3.25. The van der Waals surface area contributed by atoms with Crippen LogP contribution in [0.3, 0.4) is 0 Å². The van der Waals surface area contributed by atoms with Gasteiger partial charge in [-0.25, -0.2) is 0 Å². The minimum absolute atomic E-state index is 0.515. The predicted octanol–water partition coefficient (Wildman–Crippen LogP) is 4.26. The molecule has 0 aromatic heterocycles. The Balaban J connectivity index is 1.96. The molecule has 98 valence electrons. The molecule has 3 rings (SSSR count). The summed E-state index contributed by atoms with van der Waals surface area (Å²) in [5.41, 5.74) is 5.75. The smallest absolute Gasteiger partial charge is 0.104 e. The lowest BCUT2D eigenvalue weighted by Gasteiger charge is -2.16. The second-order valence-corrected chi connectivity index (χ2v) is 5.71. The molecule has 1 saturated carbocycles. The van der Waals surface area contributed by atoms with Crippen LogP contribution in [-0.4, -0.2) is 5.11 Å². The highest BCUT2D eigenvalue weighted by Crippen LogP contribution is 2.41. The summed E-state index contributed by atoms with van der Waals surface area (Å²) in [4.78, 5) is 0. The number of aryl methyl sites for hydroxylation is 2. The normalized spacial score (nSPS) is 16.4. The van der Waals surface area contributed by atoms with E-state index in [9.17, 15) is 5.11 Å². The Labute approximate surface area is 114 Å². The third kappa shape index (κ3) is 2.57. The summed E-state index contributed by atoms with van der Waals surface area (Å²) in [6.07, 6.45) is 2.07. The maximum absolute atomic E-state index is 10.6. The number of benzene rings is 2. The van der Waals surface area contributed by atoms with E-state index in [0.717, 1.165) is 22.6 Å². The van der Waals surface area contributed by atoms with E-state index in [1.165, 1.54) is 24.0 Å². The van der Waals surface area contributed by atoms with Crippen LogP contribution in [0.5, 0.6) is 0 Å². The van der Waals surface area contributed by atoms with Gasteiger partial charge < -0.3 is 5.11 Å². The Morgan fingerprint density at radius 3 is 2.58 bits per heavy atom. The highest BCUT2D eigenvalue weighted by molar-refractivity contribution is 5.39. The average molecular weight is 252 g/mol. The van der Waals surface area contributed by atoms with Gasteiger partial charge in [0.15, 0.2) is 0 Å². The van der Waals surface area contributed by atoms with Gasteiger partial charge in [-0.15, -0.1) is 0 Å². The van der Waals surface area contributed by atoms with Gasteiger partial charge in [0.05, 0.1) is 0 Å². The zero-order chi connectivity index (χ0) is 13.4. The molecule has 2 aromatic rings. The standard InChI is InChI=1S/C18H20O/c1-12-6-7-13(2)17(10-12)18(19)16-5-3-4-15(11-16)14-8-9-14/h3-7,10-11,14,18-19H,8-9H2,1-2H3. The van der Waals surface area contributed by atoms with Gasteiger partial charge in [-0.05, 0) is 54.9 Å². The van der Waals surface area contributed by atoms with Gasteiger partial charge in [0, 0.05) is 0 Å². The molecule has 19 heavy (non-hydrogen) atoms. The second kappa shape index (κ2) is 4.82. The number of hydrogen-bond donors (Lipinski definition) is 1. The molecule has 1 unspecified atom stereocenters. The third-order valence-electron chi connectivity index (χ3n) is 4.00. The molecule has 0 amide bonds. The topological polar surface area (TPSA) is 20.2 Å². The first kappa shape index (κ1) is 12.4. The first-order valence-electron chi connectivity index (χ1n) is 7.00. The highest BCUT2D eigenvalue weighted by Gasteiger charge is 2.24. The van der Waals surface area contributed by atoms with Gasteiger partial charge in [0.1, 0.15) is 6.10 Å². The minimum Gasteiger partial charge on any atom is -0.384 e. The molecule has 0 heterocycles. The van der Waals surface area contributed by atoms with Gasteiger partial charge in [0.2, 0.25) is 0 Å². The molecule has 1 N–H and O–H groups in total. The van der Waals surface area contributed by atoms with E-state index in [-0.39, 0.29) is 0 Å². The molecule has 1 atom stereocenters. The molecule has 2 aromatic carbocycles. The molecule has 0 spiro atoms. The molecule has 1 fully saturated rings. The van der Waals surface area contributed by atoms with E-state index in [1.54, 1.807) is 0 Å². The molecule has 1 aliphatic rings. The number of aliphatic hydroxyl groups is 1. The molecule has 0 saturated heterocycles. The van der Waals surface area contributed by atoms with Crippen molar-refractivity contribution in [2.24, 2.45) is 0 Å². The predicted molar refractivity (Wildman–Crippen MR) is 78.4 cm³/mol. The van der Waals surface area contributed by atoms with Crippen molar-refractivity contribution < 1.29 is 5.11 Å². The maximum atomic E-state index is 10.6. The van der Waals surface area contributed by atoms with Crippen LogP contribution in [0.2, 0.25) is 0 Å². The van der Waals surface area contributed by atoms with Crippen molar-refractivity contribution in [2.75, 3.05) is 0 Å². The van der Waals surface area contributed by atoms with Crippen LogP contribution in [0.25, 0.3) is 0 Å². The monoisotopic (exact) mass is 252 g/mol. The van der Waals surface area contributed by atoms with Crippen molar-refractivity contribution >= 4 is 0 Å². The fourth-order valence-electron chi connectivity index (χ4n) is 2.63. The zero-order valence-corrected chi connectivity index (χ0v) is 11.6. The summed E-state index contributed by atoms with van der Waals surface area (Å²) in [5, 5.41) is 10.6. The van der Waals surface area contributed by atoms with E-state index in [2.05, 4.69) is 50.2 Å². The molecule has 0 radical (unpaired) electrons. The van der Waals surface area contributed by atoms with Crippen molar-refractivity contribution in [1.82, 2.24) is 0 Å². The Morgan fingerprint density at radius 2 is 1.84 bits per heavy atom. The third-order valence-corrected chi connectivity index (χ3v) is 4.00. The van der Waals surface area contributed by atoms with Crippen LogP contribution < -0.4 is 0 Å². The Morgan fingerprint density at radius 1 is 1.05 bits per heavy atom.